The van der Waals surface area contributed by atoms with E-state index >= 15 is 0 Å². The molecule has 5 nitrogen and oxygen atoms in total. The van der Waals surface area contributed by atoms with Gasteiger partial charge in [0.05, 0.1) is 12.9 Å². The van der Waals surface area contributed by atoms with Crippen LogP contribution in [0.3, 0.4) is 0 Å². The monoisotopic (exact) mass is 326 g/mol. The van der Waals surface area contributed by atoms with Crippen LogP contribution in [0.5, 0.6) is 5.75 Å². The molecule has 0 saturated carbocycles. The van der Waals surface area contributed by atoms with Gasteiger partial charge in [0.25, 0.3) is 0 Å². The molecule has 0 aromatic heterocycles. The predicted octanol–water partition coefficient (Wildman–Crippen LogP) is 2.02. The van der Waals surface area contributed by atoms with Crippen molar-refractivity contribution in [1.29, 1.82) is 0 Å². The van der Waals surface area contributed by atoms with Gasteiger partial charge in [0.2, 0.25) is 10.0 Å². The number of methoxy groups -OCH3 is 1. The largest absolute Gasteiger partial charge is 0.497 e. The summed E-state index contributed by atoms with van der Waals surface area (Å²) in [5.74, 6) is 1.25. The minimum atomic E-state index is -3.14. The quantitative estimate of drug-likeness (QED) is 0.869. The van der Waals surface area contributed by atoms with Crippen molar-refractivity contribution in [3.63, 3.8) is 0 Å². The molecule has 0 aliphatic carbocycles. The highest BCUT2D eigenvalue weighted by Gasteiger charge is 2.31. The van der Waals surface area contributed by atoms with Gasteiger partial charge in [0.1, 0.15) is 5.75 Å². The molecule has 0 spiro atoms. The molecule has 1 fully saturated rings. The summed E-state index contributed by atoms with van der Waals surface area (Å²) >= 11 is 0. The zero-order valence-corrected chi connectivity index (χ0v) is 14.4. The highest BCUT2D eigenvalue weighted by atomic mass is 32.2. The van der Waals surface area contributed by atoms with Crippen molar-refractivity contribution in [3.05, 3.63) is 29.8 Å². The zero-order valence-electron chi connectivity index (χ0n) is 13.6. The van der Waals surface area contributed by atoms with E-state index in [1.54, 1.807) is 14.0 Å². The highest BCUT2D eigenvalue weighted by Crippen LogP contribution is 2.35. The van der Waals surface area contributed by atoms with E-state index in [-0.39, 0.29) is 17.7 Å². The minimum Gasteiger partial charge on any atom is -0.497 e. The second kappa shape index (κ2) is 7.44. The molecule has 2 rings (SSSR count). The van der Waals surface area contributed by atoms with Crippen LogP contribution in [-0.2, 0) is 10.0 Å². The summed E-state index contributed by atoms with van der Waals surface area (Å²) < 4.78 is 31.4. The molecule has 0 unspecified atom stereocenters. The summed E-state index contributed by atoms with van der Waals surface area (Å²) in [7, 11) is 0.622. The second-order valence-electron chi connectivity index (χ2n) is 5.85. The van der Waals surface area contributed by atoms with Crippen molar-refractivity contribution in [2.24, 2.45) is 5.92 Å². The predicted molar refractivity (Wildman–Crippen MR) is 88.6 cm³/mol. The van der Waals surface area contributed by atoms with E-state index in [2.05, 4.69) is 28.8 Å². The van der Waals surface area contributed by atoms with E-state index in [1.807, 2.05) is 12.1 Å². The van der Waals surface area contributed by atoms with Gasteiger partial charge in [0.15, 0.2) is 0 Å². The topological polar surface area (TPSA) is 58.6 Å². The van der Waals surface area contributed by atoms with Crippen LogP contribution in [0.25, 0.3) is 0 Å². The summed E-state index contributed by atoms with van der Waals surface area (Å²) in [4.78, 5) is 2.32. The number of hydrogen-bond donors (Lipinski definition) is 1. The van der Waals surface area contributed by atoms with Crippen molar-refractivity contribution < 1.29 is 13.2 Å². The Morgan fingerprint density at radius 1 is 1.32 bits per heavy atom. The van der Waals surface area contributed by atoms with Crippen molar-refractivity contribution >= 4 is 10.0 Å². The van der Waals surface area contributed by atoms with Gasteiger partial charge in [-0.2, -0.15) is 0 Å². The lowest BCUT2D eigenvalue weighted by molar-refractivity contribution is 0.123. The molecule has 2 atom stereocenters. The number of rotatable bonds is 6. The fourth-order valence-electron chi connectivity index (χ4n) is 3.14. The van der Waals surface area contributed by atoms with Crippen LogP contribution in [0.1, 0.15) is 31.4 Å². The van der Waals surface area contributed by atoms with Crippen molar-refractivity contribution in [2.75, 3.05) is 33.0 Å². The molecule has 1 saturated heterocycles. The van der Waals surface area contributed by atoms with E-state index < -0.39 is 10.0 Å². The molecule has 0 radical (unpaired) electrons. The Kier molecular flexibility index (Phi) is 5.83. The Morgan fingerprint density at radius 3 is 2.59 bits per heavy atom. The SMILES string of the molecule is CCS(=O)(=O)NC[C@@H]1CCCN(C)[C@H]1c1ccc(OC)cc1. The van der Waals surface area contributed by atoms with Gasteiger partial charge in [-0.25, -0.2) is 13.1 Å². The first-order valence-electron chi connectivity index (χ1n) is 7.78. The average Bonchev–Trinajstić information content (AvgIpc) is 2.53. The molecule has 6 heteroatoms. The Bertz CT molecular complexity index is 572. The van der Waals surface area contributed by atoms with Gasteiger partial charge in [-0.1, -0.05) is 12.1 Å². The summed E-state index contributed by atoms with van der Waals surface area (Å²) in [6, 6.07) is 8.31. The number of nitrogens with zero attached hydrogens (tertiary/aromatic N) is 1. The summed E-state index contributed by atoms with van der Waals surface area (Å²) in [6.07, 6.45) is 2.13. The third-order valence-corrected chi connectivity index (χ3v) is 5.78. The molecule has 1 aliphatic rings. The molecule has 1 aromatic carbocycles. The van der Waals surface area contributed by atoms with Gasteiger partial charge in [-0.15, -0.1) is 0 Å². The summed E-state index contributed by atoms with van der Waals surface area (Å²) in [5, 5.41) is 0. The molecule has 1 aromatic rings. The molecule has 0 amide bonds. The lowest BCUT2D eigenvalue weighted by atomic mass is 9.85. The summed E-state index contributed by atoms with van der Waals surface area (Å²) in [6.45, 7) is 3.20. The Labute approximate surface area is 133 Å². The molecule has 0 bridgehead atoms. The van der Waals surface area contributed by atoms with Gasteiger partial charge < -0.3 is 4.74 Å². The van der Waals surface area contributed by atoms with Gasteiger partial charge >= 0.3 is 0 Å². The first kappa shape index (κ1) is 17.2. The van der Waals surface area contributed by atoms with Crippen LogP contribution in [0.4, 0.5) is 0 Å². The molecular weight excluding hydrogens is 300 g/mol. The summed E-state index contributed by atoms with van der Waals surface area (Å²) in [5.41, 5.74) is 1.21. The number of benzene rings is 1. The second-order valence-corrected chi connectivity index (χ2v) is 7.95. The maximum absolute atomic E-state index is 11.7. The molecule has 124 valence electrons. The van der Waals surface area contributed by atoms with Crippen LogP contribution in [-0.4, -0.2) is 46.3 Å². The van der Waals surface area contributed by atoms with Crippen LogP contribution in [0.2, 0.25) is 0 Å². The minimum absolute atomic E-state index is 0.128. The van der Waals surface area contributed by atoms with E-state index in [4.69, 9.17) is 4.74 Å². The van der Waals surface area contributed by atoms with Gasteiger partial charge in [0, 0.05) is 12.6 Å². The lowest BCUT2D eigenvalue weighted by Crippen LogP contribution is -2.42. The number of hydrogen-bond acceptors (Lipinski definition) is 4. The molecular formula is C16H26N2O3S. The Balaban J connectivity index is 2.15. The molecule has 22 heavy (non-hydrogen) atoms. The molecule has 1 aliphatic heterocycles. The standard InChI is InChI=1S/C16H26N2O3S/c1-4-22(19,20)17-12-14-6-5-11-18(2)16(14)13-7-9-15(21-3)10-8-13/h7-10,14,16-17H,4-6,11-12H2,1-3H3/t14-,16-/m0/s1. The Hall–Kier alpha value is -1.11. The zero-order chi connectivity index (χ0) is 16.2. The molecule has 1 heterocycles. The fourth-order valence-corrected chi connectivity index (χ4v) is 3.81. The first-order valence-corrected chi connectivity index (χ1v) is 9.43. The maximum atomic E-state index is 11.7. The van der Waals surface area contributed by atoms with Crippen LogP contribution < -0.4 is 9.46 Å². The number of nitrogens with one attached hydrogen (secondary N) is 1. The van der Waals surface area contributed by atoms with Gasteiger partial charge in [-0.05, 0) is 57.0 Å². The molecule has 1 N–H and O–H groups in total. The van der Waals surface area contributed by atoms with Crippen molar-refractivity contribution in [2.45, 2.75) is 25.8 Å². The third-order valence-electron chi connectivity index (χ3n) is 4.41. The Morgan fingerprint density at radius 2 is 2.00 bits per heavy atom. The number of likely N-dealkylation sites (tertiary alicyclic amines) is 1. The van der Waals surface area contributed by atoms with Crippen molar-refractivity contribution in [3.8, 4) is 5.75 Å². The average molecular weight is 326 g/mol. The van der Waals surface area contributed by atoms with Crippen LogP contribution in [0, 0.1) is 5.92 Å². The number of piperidine rings is 1. The fraction of sp³-hybridized carbons (Fsp3) is 0.625. The van der Waals surface area contributed by atoms with E-state index in [1.165, 1.54) is 5.56 Å². The van der Waals surface area contributed by atoms with E-state index in [0.717, 1.165) is 25.1 Å². The normalized spacial score (nSPS) is 23.4. The van der Waals surface area contributed by atoms with Crippen molar-refractivity contribution in [1.82, 2.24) is 9.62 Å². The van der Waals surface area contributed by atoms with Crippen LogP contribution >= 0.6 is 0 Å². The number of ether oxygens (including phenoxy) is 1. The number of sulfonamides is 1. The lowest BCUT2D eigenvalue weighted by Gasteiger charge is -2.39. The third kappa shape index (κ3) is 4.21. The van der Waals surface area contributed by atoms with Crippen LogP contribution in [0.15, 0.2) is 24.3 Å². The smallest absolute Gasteiger partial charge is 0.211 e. The first-order chi connectivity index (χ1) is 10.5. The van der Waals surface area contributed by atoms with E-state index in [0.29, 0.717) is 6.54 Å². The van der Waals surface area contributed by atoms with E-state index in [9.17, 15) is 8.42 Å². The van der Waals surface area contributed by atoms with Gasteiger partial charge in [-0.3, -0.25) is 4.90 Å². The maximum Gasteiger partial charge on any atom is 0.211 e. The highest BCUT2D eigenvalue weighted by molar-refractivity contribution is 7.89.